The lowest BCUT2D eigenvalue weighted by Gasteiger charge is -2.10. The number of aromatic nitrogens is 3. The first-order chi connectivity index (χ1) is 12.9. The Balaban J connectivity index is 1.78. The largest absolute Gasteiger partial charge is 0.347 e. The minimum atomic E-state index is -1.61. The van der Waals surface area contributed by atoms with Crippen LogP contribution in [0.4, 0.5) is 24.8 Å². The summed E-state index contributed by atoms with van der Waals surface area (Å²) in [6.07, 6.45) is 3.23. The topological polar surface area (TPSA) is 79.8 Å². The first kappa shape index (κ1) is 18.3. The molecule has 9 heteroatoms. The maximum atomic E-state index is 13.8. The molecular weight excluding hydrogens is 359 g/mol. The summed E-state index contributed by atoms with van der Waals surface area (Å²) in [5.41, 5.74) is 0.930. The van der Waals surface area contributed by atoms with E-state index in [0.29, 0.717) is 5.69 Å². The highest BCUT2D eigenvalue weighted by molar-refractivity contribution is 5.92. The third-order valence-corrected chi connectivity index (χ3v) is 3.54. The lowest BCUT2D eigenvalue weighted by atomic mass is 10.2. The molecule has 0 spiro atoms. The zero-order chi connectivity index (χ0) is 19.4. The molecule has 0 bridgehead atoms. The summed E-state index contributed by atoms with van der Waals surface area (Å²) in [6.45, 7) is 1.86. The summed E-state index contributed by atoms with van der Waals surface area (Å²) in [6, 6.07) is 6.79. The van der Waals surface area contributed by atoms with E-state index < -0.39 is 23.4 Å². The van der Waals surface area contributed by atoms with Crippen molar-refractivity contribution in [1.29, 1.82) is 0 Å². The van der Waals surface area contributed by atoms with E-state index in [1.54, 1.807) is 31.5 Å². The quantitative estimate of drug-likeness (QED) is 0.671. The first-order valence-electron chi connectivity index (χ1n) is 7.87. The minimum Gasteiger partial charge on any atom is -0.347 e. The standard InChI is InChI=1S/C18H14F3N5O/c1-10-7-14(17(27)23-9-11-3-2-6-22-8-11)26-18(24-10)25-13-5-4-12(19)15(20)16(13)21/h2-8H,9H2,1H3,(H,23,27)(H,24,25,26). The van der Waals surface area contributed by atoms with Crippen LogP contribution in [-0.2, 0) is 6.54 Å². The molecule has 138 valence electrons. The third-order valence-electron chi connectivity index (χ3n) is 3.54. The van der Waals surface area contributed by atoms with Crippen molar-refractivity contribution < 1.29 is 18.0 Å². The van der Waals surface area contributed by atoms with Crippen LogP contribution < -0.4 is 10.6 Å². The molecule has 1 aromatic carbocycles. The van der Waals surface area contributed by atoms with Crippen molar-refractivity contribution in [1.82, 2.24) is 20.3 Å². The Morgan fingerprint density at radius 2 is 1.93 bits per heavy atom. The molecule has 0 aliphatic rings. The van der Waals surface area contributed by atoms with Gasteiger partial charge in [0.05, 0.1) is 5.69 Å². The summed E-state index contributed by atoms with van der Waals surface area (Å²) < 4.78 is 40.2. The van der Waals surface area contributed by atoms with Gasteiger partial charge in [-0.15, -0.1) is 0 Å². The van der Waals surface area contributed by atoms with Gasteiger partial charge in [0, 0.05) is 24.6 Å². The van der Waals surface area contributed by atoms with E-state index in [9.17, 15) is 18.0 Å². The normalized spacial score (nSPS) is 10.5. The van der Waals surface area contributed by atoms with Crippen molar-refractivity contribution >= 4 is 17.5 Å². The summed E-state index contributed by atoms with van der Waals surface area (Å²) in [7, 11) is 0. The van der Waals surface area contributed by atoms with Crippen molar-refractivity contribution in [2.75, 3.05) is 5.32 Å². The molecular formula is C18H14F3N5O. The SMILES string of the molecule is Cc1cc(C(=O)NCc2cccnc2)nc(Nc2ccc(F)c(F)c2F)n1. The van der Waals surface area contributed by atoms with Gasteiger partial charge in [0.1, 0.15) is 5.69 Å². The molecule has 2 N–H and O–H groups in total. The van der Waals surface area contributed by atoms with Gasteiger partial charge in [-0.05, 0) is 36.8 Å². The summed E-state index contributed by atoms with van der Waals surface area (Å²) in [5.74, 6) is -4.91. The fourth-order valence-electron chi connectivity index (χ4n) is 2.26. The van der Waals surface area contributed by atoms with Crippen LogP contribution in [0.1, 0.15) is 21.7 Å². The predicted molar refractivity (Wildman–Crippen MR) is 91.8 cm³/mol. The van der Waals surface area contributed by atoms with Crippen LogP contribution in [0.2, 0.25) is 0 Å². The highest BCUT2D eigenvalue weighted by Crippen LogP contribution is 2.22. The molecule has 0 aliphatic heterocycles. The zero-order valence-electron chi connectivity index (χ0n) is 14.1. The molecule has 0 radical (unpaired) electrons. The fourth-order valence-corrected chi connectivity index (χ4v) is 2.26. The molecule has 1 amide bonds. The average Bonchev–Trinajstić information content (AvgIpc) is 2.67. The van der Waals surface area contributed by atoms with E-state index in [1.807, 2.05) is 0 Å². The van der Waals surface area contributed by atoms with E-state index in [2.05, 4.69) is 25.6 Å². The lowest BCUT2D eigenvalue weighted by Crippen LogP contribution is -2.24. The molecule has 0 aliphatic carbocycles. The van der Waals surface area contributed by atoms with Crippen LogP contribution in [0.25, 0.3) is 0 Å². The van der Waals surface area contributed by atoms with Crippen molar-refractivity contribution in [2.24, 2.45) is 0 Å². The van der Waals surface area contributed by atoms with Crippen molar-refractivity contribution in [3.63, 3.8) is 0 Å². The Bertz CT molecular complexity index is 982. The molecule has 3 aromatic rings. The van der Waals surface area contributed by atoms with Crippen LogP contribution in [-0.4, -0.2) is 20.9 Å². The molecule has 0 saturated heterocycles. The zero-order valence-corrected chi connectivity index (χ0v) is 14.1. The van der Waals surface area contributed by atoms with Gasteiger partial charge in [0.15, 0.2) is 17.5 Å². The molecule has 2 aromatic heterocycles. The summed E-state index contributed by atoms with van der Waals surface area (Å²) in [4.78, 5) is 24.3. The minimum absolute atomic E-state index is 0.0388. The van der Waals surface area contributed by atoms with Gasteiger partial charge in [-0.25, -0.2) is 23.1 Å². The van der Waals surface area contributed by atoms with Gasteiger partial charge in [-0.2, -0.15) is 0 Å². The number of carbonyl (C=O) groups is 1. The van der Waals surface area contributed by atoms with Gasteiger partial charge in [-0.1, -0.05) is 6.07 Å². The van der Waals surface area contributed by atoms with Crippen molar-refractivity contribution in [2.45, 2.75) is 13.5 Å². The number of nitrogens with zero attached hydrogens (tertiary/aromatic N) is 3. The number of aryl methyl sites for hydroxylation is 1. The number of hydrogen-bond acceptors (Lipinski definition) is 5. The van der Waals surface area contributed by atoms with E-state index in [1.165, 1.54) is 6.07 Å². The molecule has 2 heterocycles. The Morgan fingerprint density at radius 1 is 1.11 bits per heavy atom. The Hall–Kier alpha value is -3.49. The monoisotopic (exact) mass is 373 g/mol. The van der Waals surface area contributed by atoms with Crippen molar-refractivity contribution in [3.8, 4) is 0 Å². The van der Waals surface area contributed by atoms with E-state index in [-0.39, 0.29) is 23.9 Å². The highest BCUT2D eigenvalue weighted by atomic mass is 19.2. The van der Waals surface area contributed by atoms with Gasteiger partial charge in [0.2, 0.25) is 5.95 Å². The van der Waals surface area contributed by atoms with Gasteiger partial charge < -0.3 is 10.6 Å². The van der Waals surface area contributed by atoms with E-state index in [0.717, 1.165) is 17.7 Å². The van der Waals surface area contributed by atoms with Crippen LogP contribution in [0.15, 0.2) is 42.7 Å². The third kappa shape index (κ3) is 4.38. The van der Waals surface area contributed by atoms with Crippen LogP contribution in [0, 0.1) is 24.4 Å². The summed E-state index contributed by atoms with van der Waals surface area (Å²) in [5, 5.41) is 5.14. The Kier molecular flexibility index (Phi) is 5.30. The molecule has 6 nitrogen and oxygen atoms in total. The molecule has 0 fully saturated rings. The predicted octanol–water partition coefficient (Wildman–Crippen LogP) is 3.27. The smallest absolute Gasteiger partial charge is 0.270 e. The van der Waals surface area contributed by atoms with E-state index in [4.69, 9.17) is 0 Å². The van der Waals surface area contributed by atoms with Crippen LogP contribution >= 0.6 is 0 Å². The molecule has 27 heavy (non-hydrogen) atoms. The second-order valence-electron chi connectivity index (χ2n) is 5.61. The molecule has 0 atom stereocenters. The van der Waals surface area contributed by atoms with Crippen molar-refractivity contribution in [3.05, 3.63) is 77.1 Å². The maximum Gasteiger partial charge on any atom is 0.270 e. The van der Waals surface area contributed by atoms with Gasteiger partial charge >= 0.3 is 0 Å². The number of nitrogens with one attached hydrogen (secondary N) is 2. The fraction of sp³-hybridized carbons (Fsp3) is 0.111. The van der Waals surface area contributed by atoms with Crippen LogP contribution in [0.5, 0.6) is 0 Å². The van der Waals surface area contributed by atoms with E-state index >= 15 is 0 Å². The van der Waals surface area contributed by atoms with Gasteiger partial charge in [0.25, 0.3) is 5.91 Å². The van der Waals surface area contributed by atoms with Gasteiger partial charge in [-0.3, -0.25) is 9.78 Å². The number of carbonyl (C=O) groups excluding carboxylic acids is 1. The molecule has 0 saturated carbocycles. The highest BCUT2D eigenvalue weighted by Gasteiger charge is 2.16. The average molecular weight is 373 g/mol. The number of benzene rings is 1. The Labute approximate surface area is 152 Å². The number of anilines is 2. The lowest BCUT2D eigenvalue weighted by molar-refractivity contribution is 0.0945. The molecule has 3 rings (SSSR count). The second-order valence-corrected chi connectivity index (χ2v) is 5.61. The number of amides is 1. The number of hydrogen-bond donors (Lipinski definition) is 2. The number of pyridine rings is 1. The summed E-state index contributed by atoms with van der Waals surface area (Å²) >= 11 is 0. The van der Waals surface area contributed by atoms with Crippen LogP contribution in [0.3, 0.4) is 0 Å². The second kappa shape index (κ2) is 7.81. The maximum absolute atomic E-state index is 13.8. The number of rotatable bonds is 5. The Morgan fingerprint density at radius 3 is 2.67 bits per heavy atom. The number of halogens is 3. The molecule has 0 unspecified atom stereocenters. The first-order valence-corrected chi connectivity index (χ1v) is 7.87.